The van der Waals surface area contributed by atoms with E-state index in [4.69, 9.17) is 4.74 Å². The molecule has 0 aliphatic carbocycles. The minimum Gasteiger partial charge on any atom is -0.391 e. The molecule has 0 saturated heterocycles. The summed E-state index contributed by atoms with van der Waals surface area (Å²) >= 11 is 0. The predicted octanol–water partition coefficient (Wildman–Crippen LogP) is 3.25. The van der Waals surface area contributed by atoms with Crippen molar-refractivity contribution in [2.75, 3.05) is 17.3 Å². The van der Waals surface area contributed by atoms with Gasteiger partial charge >= 0.3 is 12.1 Å². The molecule has 154 valence electrons. The maximum atomic E-state index is 12.5. The van der Waals surface area contributed by atoms with Crippen molar-refractivity contribution in [3.05, 3.63) is 46.3 Å². The number of anilines is 2. The van der Waals surface area contributed by atoms with Crippen LogP contribution in [0.4, 0.5) is 26.8 Å². The Kier molecular flexibility index (Phi) is 6.32. The van der Waals surface area contributed by atoms with Crippen LogP contribution in [0.1, 0.15) is 26.3 Å². The van der Waals surface area contributed by atoms with Crippen molar-refractivity contribution >= 4 is 29.3 Å². The van der Waals surface area contributed by atoms with Gasteiger partial charge in [-0.25, -0.2) is 19.6 Å². The number of nitro benzene ring substituents is 1. The smallest absolute Gasteiger partial charge is 0.391 e. The highest BCUT2D eigenvalue weighted by Gasteiger charge is 2.19. The van der Waals surface area contributed by atoms with Gasteiger partial charge in [-0.15, -0.1) is 0 Å². The zero-order chi connectivity index (χ0) is 21.8. The molecule has 1 heterocycles. The van der Waals surface area contributed by atoms with Crippen molar-refractivity contribution in [1.29, 1.82) is 0 Å². The van der Waals surface area contributed by atoms with Crippen LogP contribution in [0.2, 0.25) is 0 Å². The molecule has 2 aromatic rings. The van der Waals surface area contributed by atoms with Crippen LogP contribution >= 0.6 is 0 Å². The van der Waals surface area contributed by atoms with Gasteiger partial charge in [-0.2, -0.15) is 0 Å². The maximum absolute atomic E-state index is 12.5. The Bertz CT molecular complexity index is 941. The second-order valence-corrected chi connectivity index (χ2v) is 7.22. The number of aromatic nitrogens is 2. The van der Waals surface area contributed by atoms with E-state index in [1.165, 1.54) is 31.3 Å². The summed E-state index contributed by atoms with van der Waals surface area (Å²) in [5, 5.41) is 16.2. The fourth-order valence-corrected chi connectivity index (χ4v) is 2.16. The number of non-ortho nitro benzene ring substituents is 1. The number of urea groups is 1. The van der Waals surface area contributed by atoms with Gasteiger partial charge in [0.25, 0.3) is 5.69 Å². The molecule has 0 saturated carbocycles. The van der Waals surface area contributed by atoms with Crippen LogP contribution in [0.5, 0.6) is 5.88 Å². The lowest BCUT2D eigenvalue weighted by atomic mass is 10.1. The minimum absolute atomic E-state index is 0.0390. The minimum atomic E-state index is -0.693. The highest BCUT2D eigenvalue weighted by molar-refractivity contribution is 6.01. The van der Waals surface area contributed by atoms with Crippen molar-refractivity contribution in [3.63, 3.8) is 0 Å². The van der Waals surface area contributed by atoms with Gasteiger partial charge in [-0.1, -0.05) is 6.07 Å². The molecule has 0 fully saturated rings. The third kappa shape index (κ3) is 6.13. The topological polar surface area (TPSA) is 140 Å². The van der Waals surface area contributed by atoms with Gasteiger partial charge in [0.15, 0.2) is 0 Å². The Morgan fingerprint density at radius 1 is 1.21 bits per heavy atom. The number of aryl methyl sites for hydroxylation is 1. The van der Waals surface area contributed by atoms with Gasteiger partial charge in [-0.05, 0) is 33.3 Å². The van der Waals surface area contributed by atoms with E-state index in [0.717, 1.165) is 11.2 Å². The first-order valence-electron chi connectivity index (χ1n) is 8.58. The van der Waals surface area contributed by atoms with Crippen molar-refractivity contribution in [2.24, 2.45) is 0 Å². The van der Waals surface area contributed by atoms with E-state index >= 15 is 0 Å². The van der Waals surface area contributed by atoms with Gasteiger partial charge in [-0.3, -0.25) is 15.0 Å². The van der Waals surface area contributed by atoms with E-state index in [-0.39, 0.29) is 17.4 Å². The molecular weight excluding hydrogens is 380 g/mol. The Morgan fingerprint density at radius 2 is 1.90 bits per heavy atom. The summed E-state index contributed by atoms with van der Waals surface area (Å²) in [6.07, 6.45) is 0.457. The Balaban J connectivity index is 2.13. The first-order chi connectivity index (χ1) is 13.5. The number of rotatable bonds is 4. The van der Waals surface area contributed by atoms with Gasteiger partial charge in [0.2, 0.25) is 5.88 Å². The van der Waals surface area contributed by atoms with Gasteiger partial charge in [0, 0.05) is 30.8 Å². The van der Waals surface area contributed by atoms with Crippen LogP contribution < -0.4 is 20.3 Å². The number of benzene rings is 1. The van der Waals surface area contributed by atoms with Crippen molar-refractivity contribution in [1.82, 2.24) is 15.3 Å². The van der Waals surface area contributed by atoms with Crippen molar-refractivity contribution in [3.8, 4) is 5.88 Å². The number of nitrogens with one attached hydrogen (secondary N) is 2. The Hall–Kier alpha value is -3.76. The summed E-state index contributed by atoms with van der Waals surface area (Å²) in [6.45, 7) is 7.11. The fourth-order valence-electron chi connectivity index (χ4n) is 2.16. The number of hydrogen-bond acceptors (Lipinski definition) is 7. The fraction of sp³-hybridized carbons (Fsp3) is 0.333. The van der Waals surface area contributed by atoms with E-state index in [1.54, 1.807) is 27.7 Å². The largest absolute Gasteiger partial charge is 0.414 e. The van der Waals surface area contributed by atoms with E-state index < -0.39 is 22.6 Å². The predicted molar refractivity (Wildman–Crippen MR) is 106 cm³/mol. The summed E-state index contributed by atoms with van der Waals surface area (Å²) in [6, 6.07) is 4.90. The molecule has 1 aromatic heterocycles. The average molecular weight is 402 g/mol. The van der Waals surface area contributed by atoms with E-state index in [1.807, 2.05) is 0 Å². The molecule has 2 rings (SSSR count). The summed E-state index contributed by atoms with van der Waals surface area (Å²) in [5.74, 6) is 0.127. The number of hydrogen-bond donors (Lipinski definition) is 2. The zero-order valence-corrected chi connectivity index (χ0v) is 16.7. The van der Waals surface area contributed by atoms with Crippen LogP contribution in [0.25, 0.3) is 0 Å². The molecule has 11 heteroatoms. The number of ether oxygens (including phenoxy) is 1. The molecule has 0 spiro atoms. The molecular formula is C18H22N6O5. The lowest BCUT2D eigenvalue weighted by Crippen LogP contribution is -2.42. The lowest BCUT2D eigenvalue weighted by Gasteiger charge is -2.20. The molecule has 11 nitrogen and oxygen atoms in total. The molecule has 0 unspecified atom stereocenters. The lowest BCUT2D eigenvalue weighted by molar-refractivity contribution is -0.384. The Morgan fingerprint density at radius 3 is 2.52 bits per heavy atom. The van der Waals surface area contributed by atoms with Gasteiger partial charge in [0.1, 0.15) is 12.1 Å². The summed E-state index contributed by atoms with van der Waals surface area (Å²) < 4.78 is 5.11. The second kappa shape index (κ2) is 8.50. The maximum Gasteiger partial charge on any atom is 0.414 e. The highest BCUT2D eigenvalue weighted by Crippen LogP contribution is 2.23. The summed E-state index contributed by atoms with van der Waals surface area (Å²) in [4.78, 5) is 43.8. The quantitative estimate of drug-likeness (QED) is 0.591. The third-order valence-electron chi connectivity index (χ3n) is 3.62. The normalized spacial score (nSPS) is 10.8. The van der Waals surface area contributed by atoms with Crippen molar-refractivity contribution in [2.45, 2.75) is 33.2 Å². The number of nitrogens with zero attached hydrogens (tertiary/aromatic N) is 4. The van der Waals surface area contributed by atoms with E-state index in [0.29, 0.717) is 11.3 Å². The average Bonchev–Trinajstić information content (AvgIpc) is 2.61. The number of amides is 3. The van der Waals surface area contributed by atoms with Gasteiger partial charge in [0.05, 0.1) is 10.6 Å². The molecule has 2 N–H and O–H groups in total. The van der Waals surface area contributed by atoms with Crippen LogP contribution in [0.3, 0.4) is 0 Å². The van der Waals surface area contributed by atoms with E-state index in [9.17, 15) is 19.7 Å². The molecule has 1 aromatic carbocycles. The molecule has 0 bridgehead atoms. The number of carbonyl (C=O) groups excluding carboxylic acids is 2. The monoisotopic (exact) mass is 402 g/mol. The van der Waals surface area contributed by atoms with Crippen LogP contribution in [-0.2, 0) is 0 Å². The first kappa shape index (κ1) is 21.5. The van der Waals surface area contributed by atoms with Crippen LogP contribution in [0.15, 0.2) is 30.6 Å². The SMILES string of the molecule is Cc1ccc([N+](=O)[O-])cc1NC(=O)N(C)c1cc(OC(=O)NC(C)(C)C)ncn1. The zero-order valence-electron chi connectivity index (χ0n) is 16.7. The van der Waals surface area contributed by atoms with Gasteiger partial charge < -0.3 is 15.4 Å². The summed E-state index contributed by atoms with van der Waals surface area (Å²) in [7, 11) is 1.45. The molecule has 0 aliphatic heterocycles. The summed E-state index contributed by atoms with van der Waals surface area (Å²) in [5.41, 5.74) is 0.324. The number of nitro groups is 1. The molecule has 29 heavy (non-hydrogen) atoms. The van der Waals surface area contributed by atoms with Crippen LogP contribution in [-0.4, -0.2) is 39.6 Å². The molecule has 0 atom stereocenters. The van der Waals surface area contributed by atoms with Crippen molar-refractivity contribution < 1.29 is 19.2 Å². The third-order valence-corrected chi connectivity index (χ3v) is 3.62. The first-order valence-corrected chi connectivity index (χ1v) is 8.58. The molecule has 3 amide bonds. The number of carbonyl (C=O) groups is 2. The standard InChI is InChI=1S/C18H22N6O5/c1-11-6-7-12(24(27)28)8-13(11)21-16(25)23(5)14-9-15(20-10-19-14)29-17(26)22-18(2,3)4/h6-10H,1-5H3,(H,21,25)(H,22,26). The molecule has 0 aliphatic rings. The molecule has 0 radical (unpaired) electrons. The van der Waals surface area contributed by atoms with E-state index in [2.05, 4.69) is 20.6 Å². The highest BCUT2D eigenvalue weighted by atomic mass is 16.6. The Labute approximate surface area is 167 Å². The second-order valence-electron chi connectivity index (χ2n) is 7.22. The van der Waals surface area contributed by atoms with Crippen LogP contribution in [0, 0.1) is 17.0 Å².